The van der Waals surface area contributed by atoms with E-state index >= 15 is 0 Å². The molecule has 0 bridgehead atoms. The first-order valence-corrected chi connectivity index (χ1v) is 6.70. The molecule has 1 heterocycles. The molecule has 0 aromatic heterocycles. The van der Waals surface area contributed by atoms with Crippen LogP contribution in [0.15, 0.2) is 29.2 Å². The van der Waals surface area contributed by atoms with Crippen molar-refractivity contribution in [2.24, 2.45) is 0 Å². The molecule has 92 valence electrons. The summed E-state index contributed by atoms with van der Waals surface area (Å²) in [7, 11) is -3.74. The molecule has 8 heteroatoms. The van der Waals surface area contributed by atoms with Gasteiger partial charge in [-0.05, 0) is 6.07 Å². The molecular formula is C10H5ClN2O4S. The quantitative estimate of drug-likeness (QED) is 0.643. The molecule has 0 atom stereocenters. The summed E-state index contributed by atoms with van der Waals surface area (Å²) in [5.41, 5.74) is -0.365. The van der Waals surface area contributed by atoms with Crippen LogP contribution in [-0.2, 0) is 10.0 Å². The molecule has 0 saturated carbocycles. The fourth-order valence-electron chi connectivity index (χ4n) is 2.05. The molecule has 3 rings (SSSR count). The van der Waals surface area contributed by atoms with Crippen LogP contribution in [0.1, 0.15) is 0 Å². The lowest BCUT2D eigenvalue weighted by Gasteiger charge is -2.02. The molecule has 0 aliphatic carbocycles. The number of nitro groups is 1. The lowest BCUT2D eigenvalue weighted by Crippen LogP contribution is -2.07. The highest BCUT2D eigenvalue weighted by atomic mass is 35.5. The average Bonchev–Trinajstić information content (AvgIpc) is 2.57. The number of sulfonamides is 1. The van der Waals surface area contributed by atoms with Gasteiger partial charge in [0.25, 0.3) is 15.7 Å². The summed E-state index contributed by atoms with van der Waals surface area (Å²) < 4.78 is 25.9. The average molecular weight is 285 g/mol. The Morgan fingerprint density at radius 3 is 2.72 bits per heavy atom. The monoisotopic (exact) mass is 284 g/mol. The van der Waals surface area contributed by atoms with Crippen LogP contribution in [0.5, 0.6) is 0 Å². The van der Waals surface area contributed by atoms with Crippen LogP contribution in [0, 0.1) is 10.1 Å². The van der Waals surface area contributed by atoms with Crippen molar-refractivity contribution >= 4 is 43.8 Å². The summed E-state index contributed by atoms with van der Waals surface area (Å²) in [5.74, 6) is 0. The molecule has 6 nitrogen and oxygen atoms in total. The molecule has 2 aromatic rings. The van der Waals surface area contributed by atoms with Crippen molar-refractivity contribution in [2.75, 3.05) is 4.72 Å². The molecule has 2 aromatic carbocycles. The van der Waals surface area contributed by atoms with E-state index in [4.69, 9.17) is 11.6 Å². The molecule has 0 amide bonds. The number of nitrogens with zero attached hydrogens (tertiary/aromatic N) is 1. The fourth-order valence-corrected chi connectivity index (χ4v) is 3.63. The van der Waals surface area contributed by atoms with Gasteiger partial charge in [0.1, 0.15) is 5.69 Å². The van der Waals surface area contributed by atoms with Gasteiger partial charge >= 0.3 is 0 Å². The summed E-state index contributed by atoms with van der Waals surface area (Å²) in [6.07, 6.45) is 0. The third-order valence-corrected chi connectivity index (χ3v) is 4.48. The maximum absolute atomic E-state index is 11.8. The second kappa shape index (κ2) is 3.33. The zero-order chi connectivity index (χ0) is 13.1. The van der Waals surface area contributed by atoms with Gasteiger partial charge in [0, 0.05) is 16.8 Å². The highest BCUT2D eigenvalue weighted by Gasteiger charge is 2.34. The summed E-state index contributed by atoms with van der Waals surface area (Å²) in [6.45, 7) is 0. The summed E-state index contributed by atoms with van der Waals surface area (Å²) in [6, 6.07) is 5.71. The second-order valence-corrected chi connectivity index (χ2v) is 5.85. The van der Waals surface area contributed by atoms with E-state index in [-0.39, 0.29) is 26.7 Å². The first-order valence-electron chi connectivity index (χ1n) is 4.84. The molecule has 0 fully saturated rings. The van der Waals surface area contributed by atoms with E-state index in [1.807, 2.05) is 0 Å². The Morgan fingerprint density at radius 2 is 2.06 bits per heavy atom. The van der Waals surface area contributed by atoms with Gasteiger partial charge in [-0.2, -0.15) is 0 Å². The maximum atomic E-state index is 11.8. The minimum Gasteiger partial charge on any atom is -0.272 e. The molecule has 0 unspecified atom stereocenters. The van der Waals surface area contributed by atoms with Crippen molar-refractivity contribution in [3.63, 3.8) is 0 Å². The van der Waals surface area contributed by atoms with Crippen molar-refractivity contribution < 1.29 is 13.3 Å². The van der Waals surface area contributed by atoms with Crippen molar-refractivity contribution in [1.82, 2.24) is 0 Å². The molecular weight excluding hydrogens is 280 g/mol. The van der Waals surface area contributed by atoms with Crippen LogP contribution in [0.4, 0.5) is 11.4 Å². The number of halogens is 1. The standard InChI is InChI=1S/C10H5ClN2O4S/c11-6-4-7(13(14)15)10-9-5(6)2-1-3-8(9)18(16,17)12-10/h1-4,12H. The Balaban J connectivity index is 2.59. The van der Waals surface area contributed by atoms with Gasteiger partial charge in [-0.25, -0.2) is 8.42 Å². The summed E-state index contributed by atoms with van der Waals surface area (Å²) in [4.78, 5) is 10.3. The van der Waals surface area contributed by atoms with Crippen LogP contribution in [0.2, 0.25) is 5.02 Å². The number of nitrogens with one attached hydrogen (secondary N) is 1. The zero-order valence-electron chi connectivity index (χ0n) is 8.68. The topological polar surface area (TPSA) is 89.3 Å². The summed E-state index contributed by atoms with van der Waals surface area (Å²) >= 11 is 5.94. The fraction of sp³-hybridized carbons (Fsp3) is 0. The Bertz CT molecular complexity index is 816. The molecule has 1 N–H and O–H groups in total. The predicted octanol–water partition coefficient (Wildman–Crippen LogP) is 2.52. The van der Waals surface area contributed by atoms with Gasteiger partial charge in [-0.3, -0.25) is 14.8 Å². The number of rotatable bonds is 1. The number of anilines is 1. The molecule has 0 radical (unpaired) electrons. The molecule has 0 saturated heterocycles. The van der Waals surface area contributed by atoms with Crippen LogP contribution in [-0.4, -0.2) is 13.3 Å². The second-order valence-electron chi connectivity index (χ2n) is 3.79. The van der Waals surface area contributed by atoms with Crippen LogP contribution >= 0.6 is 11.6 Å². The van der Waals surface area contributed by atoms with Gasteiger partial charge in [0.2, 0.25) is 0 Å². The highest BCUT2D eigenvalue weighted by Crippen LogP contribution is 2.45. The smallest absolute Gasteiger partial charge is 0.272 e. The number of nitro benzene ring substituents is 1. The van der Waals surface area contributed by atoms with E-state index in [2.05, 4.69) is 4.72 Å². The van der Waals surface area contributed by atoms with Crippen molar-refractivity contribution in [2.45, 2.75) is 4.90 Å². The SMILES string of the molecule is O=[N+]([O-])c1cc(Cl)c2cccc3c2c1NS3(=O)=O. The van der Waals surface area contributed by atoms with Gasteiger partial charge in [-0.1, -0.05) is 23.7 Å². The third kappa shape index (κ3) is 1.31. The lowest BCUT2D eigenvalue weighted by atomic mass is 10.1. The molecule has 1 aliphatic heterocycles. The first-order chi connectivity index (χ1) is 8.42. The first kappa shape index (κ1) is 11.2. The highest BCUT2D eigenvalue weighted by molar-refractivity contribution is 7.93. The van der Waals surface area contributed by atoms with Crippen LogP contribution in [0.25, 0.3) is 10.8 Å². The maximum Gasteiger partial charge on any atom is 0.295 e. The van der Waals surface area contributed by atoms with E-state index in [1.54, 1.807) is 12.1 Å². The molecule has 18 heavy (non-hydrogen) atoms. The van der Waals surface area contributed by atoms with Gasteiger partial charge in [0.05, 0.1) is 14.8 Å². The normalized spacial score (nSPS) is 15.6. The van der Waals surface area contributed by atoms with Crippen molar-refractivity contribution in [1.29, 1.82) is 0 Å². The third-order valence-electron chi connectivity index (χ3n) is 2.78. The van der Waals surface area contributed by atoms with E-state index in [1.165, 1.54) is 6.07 Å². The predicted molar refractivity (Wildman–Crippen MR) is 66.4 cm³/mol. The number of hydrogen-bond donors (Lipinski definition) is 1. The summed E-state index contributed by atoms with van der Waals surface area (Å²) in [5, 5.41) is 11.8. The number of hydrogen-bond acceptors (Lipinski definition) is 4. The Labute approximate surface area is 106 Å². The van der Waals surface area contributed by atoms with Crippen molar-refractivity contribution in [3.8, 4) is 0 Å². The Hall–Kier alpha value is -1.86. The molecule has 0 spiro atoms. The van der Waals surface area contributed by atoms with Crippen LogP contribution < -0.4 is 4.72 Å². The van der Waals surface area contributed by atoms with Crippen molar-refractivity contribution in [3.05, 3.63) is 39.4 Å². The lowest BCUT2D eigenvalue weighted by molar-refractivity contribution is -0.383. The minimum atomic E-state index is -3.74. The Morgan fingerprint density at radius 1 is 1.33 bits per heavy atom. The minimum absolute atomic E-state index is 0.0144. The van der Waals surface area contributed by atoms with E-state index in [0.717, 1.165) is 6.07 Å². The molecule has 1 aliphatic rings. The zero-order valence-corrected chi connectivity index (χ0v) is 10.2. The van der Waals surface area contributed by atoms with E-state index in [0.29, 0.717) is 5.39 Å². The Kier molecular flexibility index (Phi) is 2.08. The number of benzene rings is 2. The van der Waals surface area contributed by atoms with E-state index < -0.39 is 14.9 Å². The van der Waals surface area contributed by atoms with Crippen LogP contribution in [0.3, 0.4) is 0 Å². The van der Waals surface area contributed by atoms with E-state index in [9.17, 15) is 18.5 Å². The van der Waals surface area contributed by atoms with Gasteiger partial charge in [-0.15, -0.1) is 0 Å². The van der Waals surface area contributed by atoms with Gasteiger partial charge in [0.15, 0.2) is 0 Å². The largest absolute Gasteiger partial charge is 0.295 e. The van der Waals surface area contributed by atoms with Gasteiger partial charge < -0.3 is 0 Å².